The van der Waals surface area contributed by atoms with Gasteiger partial charge in [0.2, 0.25) is 0 Å². The minimum atomic E-state index is -0.342. The van der Waals surface area contributed by atoms with E-state index in [1.54, 1.807) is 19.9 Å². The summed E-state index contributed by atoms with van der Waals surface area (Å²) in [5, 5.41) is 0. The third kappa shape index (κ3) is 5.66. The first kappa shape index (κ1) is 22.6. The van der Waals surface area contributed by atoms with Crippen LogP contribution in [0.1, 0.15) is 92.7 Å². The number of rotatable bonds is 5. The molecule has 0 atom stereocenters. The zero-order valence-corrected chi connectivity index (χ0v) is 22.5. The van der Waals surface area contributed by atoms with Crippen LogP contribution in [0.3, 0.4) is 0 Å². The van der Waals surface area contributed by atoms with Gasteiger partial charge in [0.05, 0.1) is 0 Å². The average molecular weight is 482 g/mol. The van der Waals surface area contributed by atoms with Gasteiger partial charge in [0.1, 0.15) is 0 Å². The van der Waals surface area contributed by atoms with Crippen molar-refractivity contribution in [2.75, 3.05) is 0 Å². The Morgan fingerprint density at radius 1 is 0.741 bits per heavy atom. The summed E-state index contributed by atoms with van der Waals surface area (Å²) >= 11 is -0.313. The summed E-state index contributed by atoms with van der Waals surface area (Å²) in [6, 6.07) is 9.63. The van der Waals surface area contributed by atoms with E-state index >= 15 is 0 Å². The van der Waals surface area contributed by atoms with Crippen molar-refractivity contribution >= 4 is 42.3 Å². The molecule has 2 heteroatoms. The molecule has 0 nitrogen and oxygen atoms in total. The fourth-order valence-electron chi connectivity index (χ4n) is 3.59. The van der Waals surface area contributed by atoms with E-state index in [0.717, 1.165) is 0 Å². The first-order valence-corrected chi connectivity index (χ1v) is 14.1. The first-order chi connectivity index (χ1) is 12.6. The van der Waals surface area contributed by atoms with Crippen LogP contribution in [0.5, 0.6) is 0 Å². The van der Waals surface area contributed by atoms with Crippen LogP contribution in [-0.4, -0.2) is 33.5 Å². The molecule has 2 aromatic rings. The molecule has 0 saturated carbocycles. The third-order valence-electron chi connectivity index (χ3n) is 5.12. The van der Waals surface area contributed by atoms with E-state index in [1.807, 2.05) is 0 Å². The Kier molecular flexibility index (Phi) is 8.11. The molecule has 0 aromatic heterocycles. The van der Waals surface area contributed by atoms with Gasteiger partial charge in [-0.1, -0.05) is 0 Å². The molecule has 0 fully saturated rings. The first-order valence-electron chi connectivity index (χ1n) is 10.1. The van der Waals surface area contributed by atoms with Crippen LogP contribution >= 0.6 is 0 Å². The van der Waals surface area contributed by atoms with Gasteiger partial charge in [-0.2, -0.15) is 0 Å². The van der Waals surface area contributed by atoms with E-state index in [2.05, 4.69) is 89.8 Å². The topological polar surface area (TPSA) is 0 Å². The van der Waals surface area contributed by atoms with E-state index in [-0.39, 0.29) is 30.3 Å². The summed E-state index contributed by atoms with van der Waals surface area (Å²) in [6.07, 6.45) is 0. The van der Waals surface area contributed by atoms with E-state index < -0.39 is 0 Å². The molecule has 0 aliphatic carbocycles. The van der Waals surface area contributed by atoms with Crippen molar-refractivity contribution < 1.29 is 0 Å². The minimum absolute atomic E-state index is 0.0299. The van der Waals surface area contributed by atoms with Crippen molar-refractivity contribution in [2.24, 2.45) is 0 Å². The van der Waals surface area contributed by atoms with Gasteiger partial charge >= 0.3 is 180 Å². The number of benzene rings is 2. The normalized spacial score (nSPS) is 11.6. The van der Waals surface area contributed by atoms with Crippen molar-refractivity contribution in [1.82, 2.24) is 0 Å². The van der Waals surface area contributed by atoms with Crippen LogP contribution in [-0.2, 0) is 0 Å². The molecule has 0 aliphatic rings. The van der Waals surface area contributed by atoms with Crippen molar-refractivity contribution in [3.05, 3.63) is 57.6 Å². The molecule has 143 valence electrons. The molecule has 2 rings (SSSR count). The second-order valence-electron chi connectivity index (χ2n) is 8.63. The molecule has 1 radical (unpaired) electrons. The van der Waals surface area contributed by atoms with E-state index in [4.69, 9.17) is 0 Å². The van der Waals surface area contributed by atoms with Crippen LogP contribution in [0, 0.1) is 20.8 Å². The van der Waals surface area contributed by atoms with Crippen LogP contribution in [0.2, 0.25) is 0 Å². The molecule has 0 unspecified atom stereocenters. The Morgan fingerprint density at radius 3 is 1.63 bits per heavy atom. The molecule has 0 saturated heterocycles. The molecule has 27 heavy (non-hydrogen) atoms. The van der Waals surface area contributed by atoms with Gasteiger partial charge in [0.15, 0.2) is 0 Å². The third-order valence-corrected chi connectivity index (χ3v) is 11.7. The van der Waals surface area contributed by atoms with E-state index in [9.17, 15) is 0 Å². The molecule has 0 heterocycles. The van der Waals surface area contributed by atoms with E-state index in [1.165, 1.54) is 22.3 Å². The van der Waals surface area contributed by atoms with Gasteiger partial charge in [-0.15, -0.1) is 0 Å². The Hall–Kier alpha value is -0.679. The Bertz CT molecular complexity index is 829. The zero-order chi connectivity index (χ0) is 20.3. The number of aryl methyl sites for hydroxylation is 3. The monoisotopic (exact) mass is 483 g/mol. The summed E-state index contributed by atoms with van der Waals surface area (Å²) in [4.78, 5) is 0. The second kappa shape index (κ2) is 9.69. The summed E-state index contributed by atoms with van der Waals surface area (Å²) in [6.45, 7) is 20.7. The summed E-state index contributed by atoms with van der Waals surface area (Å²) in [7, 11) is 0. The zero-order valence-electron chi connectivity index (χ0n) is 18.5. The molecular formula is C25H34AsGe. The molecule has 0 bridgehead atoms. The molecule has 0 aliphatic heterocycles. The Labute approximate surface area is 179 Å². The molecule has 0 spiro atoms. The van der Waals surface area contributed by atoms with Crippen molar-refractivity contribution in [3.8, 4) is 0 Å². The molecule has 0 amide bonds. The maximum atomic E-state index is 3.98. The molecular weight excluding hydrogens is 448 g/mol. The van der Waals surface area contributed by atoms with Crippen LogP contribution in [0.4, 0.5) is 0 Å². The summed E-state index contributed by atoms with van der Waals surface area (Å²) < 4.78 is 7.20. The molecule has 2 aromatic carbocycles. The van der Waals surface area contributed by atoms with Crippen LogP contribution in [0.15, 0.2) is 24.3 Å². The van der Waals surface area contributed by atoms with Crippen LogP contribution < -0.4 is 8.75 Å². The fourth-order valence-corrected chi connectivity index (χ4v) is 10.4. The average Bonchev–Trinajstić information content (AvgIpc) is 2.56. The van der Waals surface area contributed by atoms with Crippen molar-refractivity contribution in [3.63, 3.8) is 0 Å². The molecule has 0 N–H and O–H groups in total. The van der Waals surface area contributed by atoms with Gasteiger partial charge < -0.3 is 0 Å². The van der Waals surface area contributed by atoms with Gasteiger partial charge in [-0.05, 0) is 0 Å². The quantitative estimate of drug-likeness (QED) is 0.528. The van der Waals surface area contributed by atoms with Gasteiger partial charge in [0.25, 0.3) is 0 Å². The van der Waals surface area contributed by atoms with Crippen molar-refractivity contribution in [1.29, 1.82) is 0 Å². The van der Waals surface area contributed by atoms with Crippen LogP contribution in [0.25, 0.3) is 0 Å². The SMILES string of the molecule is Cc1cc(C)c([As]=[C]=[Ge][c]2c(C(C)C)cc(C(C)C)cc2C(C)C)c(C)c1. The Balaban J connectivity index is 2.62. The predicted octanol–water partition coefficient (Wildman–Crippen LogP) is 4.98. The van der Waals surface area contributed by atoms with Gasteiger partial charge in [-0.25, -0.2) is 0 Å². The number of hydrogen-bond donors (Lipinski definition) is 0. The predicted molar refractivity (Wildman–Crippen MR) is 125 cm³/mol. The fraction of sp³-hybridized carbons (Fsp3) is 0.480. The summed E-state index contributed by atoms with van der Waals surface area (Å²) in [5.41, 5.74) is 8.94. The van der Waals surface area contributed by atoms with Gasteiger partial charge in [-0.3, -0.25) is 0 Å². The van der Waals surface area contributed by atoms with E-state index in [0.29, 0.717) is 17.8 Å². The summed E-state index contributed by atoms with van der Waals surface area (Å²) in [5.74, 6) is 1.76. The Morgan fingerprint density at radius 2 is 1.22 bits per heavy atom. The van der Waals surface area contributed by atoms with Gasteiger partial charge in [0, 0.05) is 0 Å². The van der Waals surface area contributed by atoms with Crippen molar-refractivity contribution in [2.45, 2.75) is 80.1 Å². The standard InChI is InChI=1S/C25H34AsGe/c1-15(2)21-12-22(16(3)4)25(23(13-21)17(5)6)27-14-26-24-19(8)10-18(7)11-20(24)9/h10-13,15-17H,1-9H3. The second-order valence-corrected chi connectivity index (χ2v) is 14.5. The number of hydrogen-bond acceptors (Lipinski definition) is 0. The maximum absolute atomic E-state index is 3.98.